The lowest BCUT2D eigenvalue weighted by Gasteiger charge is -2.11. The van der Waals surface area contributed by atoms with Crippen LogP contribution >= 0.6 is 27.7 Å². The molecule has 0 saturated carbocycles. The number of thioether (sulfide) groups is 1. The van der Waals surface area contributed by atoms with Crippen LogP contribution in [0.1, 0.15) is 0 Å². The van der Waals surface area contributed by atoms with Crippen LogP contribution in [-0.2, 0) is 4.79 Å². The van der Waals surface area contributed by atoms with Crippen LogP contribution in [-0.4, -0.2) is 30.9 Å². The number of rotatable bonds is 7. The smallest absolute Gasteiger partial charge is 0.256 e. The van der Waals surface area contributed by atoms with Crippen LogP contribution in [0.5, 0.6) is 11.5 Å². The van der Waals surface area contributed by atoms with Crippen molar-refractivity contribution in [3.8, 4) is 22.8 Å². The number of benzene rings is 2. The molecule has 0 unspecified atom stereocenters. The molecule has 0 aliphatic carbocycles. The number of methoxy groups -OCH3 is 2. The van der Waals surface area contributed by atoms with E-state index < -0.39 is 0 Å². The van der Waals surface area contributed by atoms with Crippen molar-refractivity contribution >= 4 is 39.3 Å². The summed E-state index contributed by atoms with van der Waals surface area (Å²) >= 11 is 4.62. The van der Waals surface area contributed by atoms with Gasteiger partial charge >= 0.3 is 0 Å². The molecule has 6 nitrogen and oxygen atoms in total. The molecule has 2 aromatic carbocycles. The van der Waals surface area contributed by atoms with Gasteiger partial charge in [0.1, 0.15) is 11.5 Å². The summed E-state index contributed by atoms with van der Waals surface area (Å²) in [5.41, 5.74) is 1.50. The van der Waals surface area contributed by atoms with Gasteiger partial charge in [0.05, 0.1) is 31.9 Å². The molecule has 0 aliphatic heterocycles. The Kier molecular flexibility index (Phi) is 6.41. The van der Waals surface area contributed by atoms with Crippen LogP contribution in [0, 0.1) is 0 Å². The Balaban J connectivity index is 1.59. The molecule has 1 N–H and O–H groups in total. The molecule has 1 heterocycles. The molecule has 0 radical (unpaired) electrons. The topological polar surface area (TPSA) is 73.6 Å². The number of nitrogens with zero attached hydrogens (tertiary/aromatic N) is 1. The van der Waals surface area contributed by atoms with Crippen LogP contribution in [0.3, 0.4) is 0 Å². The lowest BCUT2D eigenvalue weighted by Crippen LogP contribution is -2.14. The van der Waals surface area contributed by atoms with Crippen molar-refractivity contribution < 1.29 is 18.7 Å². The summed E-state index contributed by atoms with van der Waals surface area (Å²) < 4.78 is 17.1. The van der Waals surface area contributed by atoms with Crippen molar-refractivity contribution in [3.63, 3.8) is 0 Å². The third-order valence-electron chi connectivity index (χ3n) is 3.62. The number of amides is 1. The van der Waals surface area contributed by atoms with E-state index >= 15 is 0 Å². The first kappa shape index (κ1) is 19.3. The molecule has 0 atom stereocenters. The second kappa shape index (κ2) is 8.96. The summed E-state index contributed by atoms with van der Waals surface area (Å²) in [5, 5.41) is 3.25. The van der Waals surface area contributed by atoms with E-state index in [1.54, 1.807) is 31.5 Å². The fraction of sp³-hybridized carbons (Fsp3) is 0.158. The van der Waals surface area contributed by atoms with Crippen LogP contribution in [0.2, 0.25) is 0 Å². The van der Waals surface area contributed by atoms with E-state index in [0.717, 1.165) is 10.0 Å². The van der Waals surface area contributed by atoms with E-state index in [9.17, 15) is 4.79 Å². The highest BCUT2D eigenvalue weighted by Crippen LogP contribution is 2.30. The number of carbonyl (C=O) groups excluding carboxylic acids is 1. The largest absolute Gasteiger partial charge is 0.497 e. The van der Waals surface area contributed by atoms with Crippen molar-refractivity contribution in [1.82, 2.24) is 4.98 Å². The van der Waals surface area contributed by atoms with Gasteiger partial charge in [0.25, 0.3) is 5.22 Å². The van der Waals surface area contributed by atoms with E-state index in [1.807, 2.05) is 24.3 Å². The van der Waals surface area contributed by atoms with Gasteiger partial charge in [-0.3, -0.25) is 4.79 Å². The van der Waals surface area contributed by atoms with E-state index in [1.165, 1.54) is 18.9 Å². The molecule has 140 valence electrons. The third-order valence-corrected chi connectivity index (χ3v) is 4.99. The maximum absolute atomic E-state index is 12.2. The number of nitrogens with one attached hydrogen (secondary N) is 1. The van der Waals surface area contributed by atoms with Crippen molar-refractivity contribution in [2.75, 3.05) is 25.3 Å². The minimum atomic E-state index is -0.188. The van der Waals surface area contributed by atoms with Gasteiger partial charge < -0.3 is 19.2 Å². The number of halogens is 1. The molecule has 3 aromatic rings. The minimum Gasteiger partial charge on any atom is -0.497 e. The van der Waals surface area contributed by atoms with Crippen molar-refractivity contribution in [2.24, 2.45) is 0 Å². The number of hydrogen-bond donors (Lipinski definition) is 1. The average molecular weight is 449 g/mol. The zero-order chi connectivity index (χ0) is 19.2. The van der Waals surface area contributed by atoms with Crippen molar-refractivity contribution in [2.45, 2.75) is 5.22 Å². The highest BCUT2D eigenvalue weighted by Gasteiger charge is 2.12. The Morgan fingerprint density at radius 2 is 1.96 bits per heavy atom. The SMILES string of the molecule is COc1ccc(NC(=O)CSc2ncc(-c3ccc(Br)cc3)o2)c(OC)c1. The maximum Gasteiger partial charge on any atom is 0.256 e. The lowest BCUT2D eigenvalue weighted by molar-refractivity contribution is -0.113. The lowest BCUT2D eigenvalue weighted by atomic mass is 10.2. The van der Waals surface area contributed by atoms with E-state index in [2.05, 4.69) is 26.2 Å². The predicted molar refractivity (Wildman–Crippen MR) is 109 cm³/mol. The second-order valence-electron chi connectivity index (χ2n) is 5.40. The van der Waals surface area contributed by atoms with Gasteiger partial charge in [0.2, 0.25) is 5.91 Å². The first-order chi connectivity index (χ1) is 13.1. The Hall–Kier alpha value is -2.45. The van der Waals surface area contributed by atoms with Gasteiger partial charge in [-0.25, -0.2) is 4.98 Å². The predicted octanol–water partition coefficient (Wildman–Crippen LogP) is 4.85. The molecule has 1 amide bonds. The summed E-state index contributed by atoms with van der Waals surface area (Å²) in [6, 6.07) is 12.9. The van der Waals surface area contributed by atoms with Crippen LogP contribution in [0.4, 0.5) is 5.69 Å². The molecule has 0 spiro atoms. The normalized spacial score (nSPS) is 10.5. The molecule has 8 heteroatoms. The molecule has 0 bridgehead atoms. The maximum atomic E-state index is 12.2. The summed E-state index contributed by atoms with van der Waals surface area (Å²) in [6.45, 7) is 0. The van der Waals surface area contributed by atoms with Crippen molar-refractivity contribution in [3.05, 3.63) is 53.1 Å². The fourth-order valence-electron chi connectivity index (χ4n) is 2.29. The van der Waals surface area contributed by atoms with E-state index in [0.29, 0.717) is 28.2 Å². The Labute approximate surface area is 169 Å². The third kappa shape index (κ3) is 5.05. The van der Waals surface area contributed by atoms with Gasteiger partial charge in [-0.05, 0) is 24.3 Å². The average Bonchev–Trinajstić information content (AvgIpc) is 3.16. The standard InChI is InChI=1S/C19H17BrN2O4S/c1-24-14-7-8-15(16(9-14)25-2)22-18(23)11-27-19-21-10-17(26-19)12-3-5-13(20)6-4-12/h3-10H,11H2,1-2H3,(H,22,23). The Morgan fingerprint density at radius 3 is 2.67 bits per heavy atom. The highest BCUT2D eigenvalue weighted by atomic mass is 79.9. The summed E-state index contributed by atoms with van der Waals surface area (Å²) in [4.78, 5) is 16.4. The molecule has 0 aliphatic rings. The molecular formula is C19H17BrN2O4S. The van der Waals surface area contributed by atoms with E-state index in [4.69, 9.17) is 13.9 Å². The molecule has 27 heavy (non-hydrogen) atoms. The van der Waals surface area contributed by atoms with Crippen LogP contribution in [0.15, 0.2) is 62.8 Å². The number of ether oxygens (including phenoxy) is 2. The fourth-order valence-corrected chi connectivity index (χ4v) is 3.15. The number of oxazole rings is 1. The van der Waals surface area contributed by atoms with Crippen LogP contribution in [0.25, 0.3) is 11.3 Å². The Bertz CT molecular complexity index is 928. The molecular weight excluding hydrogens is 432 g/mol. The van der Waals surface area contributed by atoms with Gasteiger partial charge in [0, 0.05) is 16.1 Å². The van der Waals surface area contributed by atoms with Gasteiger partial charge in [-0.1, -0.05) is 39.8 Å². The summed E-state index contributed by atoms with van der Waals surface area (Å²) in [7, 11) is 3.11. The second-order valence-corrected chi connectivity index (χ2v) is 7.24. The number of carbonyl (C=O) groups is 1. The zero-order valence-electron chi connectivity index (χ0n) is 14.7. The number of hydrogen-bond acceptors (Lipinski definition) is 6. The van der Waals surface area contributed by atoms with Crippen LogP contribution < -0.4 is 14.8 Å². The minimum absolute atomic E-state index is 0.162. The summed E-state index contributed by atoms with van der Waals surface area (Å²) in [5.74, 6) is 1.81. The molecule has 0 fully saturated rings. The number of aromatic nitrogens is 1. The molecule has 0 saturated heterocycles. The molecule has 1 aromatic heterocycles. The summed E-state index contributed by atoms with van der Waals surface area (Å²) in [6.07, 6.45) is 1.65. The number of anilines is 1. The quantitative estimate of drug-likeness (QED) is 0.520. The van der Waals surface area contributed by atoms with Gasteiger partial charge in [-0.2, -0.15) is 0 Å². The highest BCUT2D eigenvalue weighted by molar-refractivity contribution is 9.10. The Morgan fingerprint density at radius 1 is 1.19 bits per heavy atom. The van der Waals surface area contributed by atoms with Gasteiger partial charge in [-0.15, -0.1) is 0 Å². The first-order valence-corrected chi connectivity index (χ1v) is 9.73. The first-order valence-electron chi connectivity index (χ1n) is 7.95. The zero-order valence-corrected chi connectivity index (χ0v) is 17.1. The molecule has 3 rings (SSSR count). The van der Waals surface area contributed by atoms with Gasteiger partial charge in [0.15, 0.2) is 5.76 Å². The van der Waals surface area contributed by atoms with E-state index in [-0.39, 0.29) is 11.7 Å². The monoisotopic (exact) mass is 448 g/mol. The van der Waals surface area contributed by atoms with Crippen molar-refractivity contribution in [1.29, 1.82) is 0 Å².